The van der Waals surface area contributed by atoms with Gasteiger partial charge in [0.15, 0.2) is 22.3 Å². The van der Waals surface area contributed by atoms with Crippen molar-refractivity contribution < 1.29 is 4.74 Å². The molecule has 0 aliphatic carbocycles. The number of nitrogens with one attached hydrogen (secondary N) is 3. The van der Waals surface area contributed by atoms with Gasteiger partial charge in [-0.05, 0) is 27.7 Å². The topological polar surface area (TPSA) is 140 Å². The smallest absolute Gasteiger partial charge is 0.280 e. The van der Waals surface area contributed by atoms with Crippen LogP contribution in [-0.4, -0.2) is 60.2 Å². The number of aromatic amines is 1. The number of aromatic nitrogens is 8. The predicted octanol–water partition coefficient (Wildman–Crippen LogP) is 2.20. The van der Waals surface area contributed by atoms with Gasteiger partial charge in [-0.25, -0.2) is 9.97 Å². The highest BCUT2D eigenvalue weighted by Gasteiger charge is 2.14. The molecular formula is C19H28N10O2. The summed E-state index contributed by atoms with van der Waals surface area (Å²) in [6.07, 6.45) is 3.39. The summed E-state index contributed by atoms with van der Waals surface area (Å²) in [6, 6.07) is 0.531. The highest BCUT2D eigenvalue weighted by molar-refractivity contribution is 5.77. The van der Waals surface area contributed by atoms with Crippen LogP contribution in [0.25, 0.3) is 22.3 Å². The second-order valence-electron chi connectivity index (χ2n) is 7.31. The minimum absolute atomic E-state index is 0.219. The number of imidazole rings is 2. The SMILES string of the molecule is CNc1nc(OC)c2ncn(C(C)C)c2n1.CNc1nc2c(ncn2C(C)C)c(=O)[nH]1. The van der Waals surface area contributed by atoms with Crippen LogP contribution >= 0.6 is 0 Å². The van der Waals surface area contributed by atoms with Crippen molar-refractivity contribution >= 4 is 34.2 Å². The molecule has 0 atom stereocenters. The molecule has 4 heterocycles. The predicted molar refractivity (Wildman–Crippen MR) is 120 cm³/mol. The first-order valence-electron chi connectivity index (χ1n) is 9.91. The van der Waals surface area contributed by atoms with Gasteiger partial charge in [0.2, 0.25) is 17.8 Å². The van der Waals surface area contributed by atoms with Crippen molar-refractivity contribution in [1.82, 2.24) is 39.0 Å². The molecule has 12 heteroatoms. The van der Waals surface area contributed by atoms with Gasteiger partial charge >= 0.3 is 0 Å². The van der Waals surface area contributed by atoms with Gasteiger partial charge in [-0.2, -0.15) is 15.0 Å². The van der Waals surface area contributed by atoms with Crippen LogP contribution < -0.4 is 20.9 Å². The minimum Gasteiger partial charge on any atom is -0.479 e. The molecule has 3 N–H and O–H groups in total. The van der Waals surface area contributed by atoms with E-state index in [-0.39, 0.29) is 11.6 Å². The molecule has 4 rings (SSSR count). The summed E-state index contributed by atoms with van der Waals surface area (Å²) in [7, 11) is 5.06. The molecule has 166 valence electrons. The summed E-state index contributed by atoms with van der Waals surface area (Å²) in [5.41, 5.74) is 2.24. The monoisotopic (exact) mass is 428 g/mol. The van der Waals surface area contributed by atoms with E-state index in [1.807, 2.05) is 23.0 Å². The second kappa shape index (κ2) is 8.98. The summed E-state index contributed by atoms with van der Waals surface area (Å²) < 4.78 is 9.05. The van der Waals surface area contributed by atoms with E-state index in [2.05, 4.69) is 54.4 Å². The number of anilines is 2. The Kier molecular flexibility index (Phi) is 6.37. The van der Waals surface area contributed by atoms with E-state index in [1.165, 1.54) is 0 Å². The van der Waals surface area contributed by atoms with Crippen LogP contribution in [0.5, 0.6) is 5.88 Å². The average Bonchev–Trinajstić information content (AvgIpc) is 3.37. The highest BCUT2D eigenvalue weighted by atomic mass is 16.5. The normalized spacial score (nSPS) is 11.1. The average molecular weight is 429 g/mol. The third-order valence-electron chi connectivity index (χ3n) is 4.59. The largest absolute Gasteiger partial charge is 0.479 e. The zero-order valence-electron chi connectivity index (χ0n) is 18.8. The molecule has 0 aromatic carbocycles. The van der Waals surface area contributed by atoms with Gasteiger partial charge in [-0.15, -0.1) is 0 Å². The molecule has 0 radical (unpaired) electrons. The van der Waals surface area contributed by atoms with Crippen LogP contribution in [0, 0.1) is 0 Å². The van der Waals surface area contributed by atoms with Crippen LogP contribution in [0.2, 0.25) is 0 Å². The van der Waals surface area contributed by atoms with Crippen molar-refractivity contribution in [2.45, 2.75) is 39.8 Å². The number of hydrogen-bond acceptors (Lipinski definition) is 9. The first-order chi connectivity index (χ1) is 14.8. The Labute approximate surface area is 179 Å². The fourth-order valence-corrected chi connectivity index (χ4v) is 2.95. The first-order valence-corrected chi connectivity index (χ1v) is 9.91. The van der Waals surface area contributed by atoms with Crippen molar-refractivity contribution in [3.8, 4) is 5.88 Å². The van der Waals surface area contributed by atoms with Crippen molar-refractivity contribution in [3.05, 3.63) is 23.0 Å². The lowest BCUT2D eigenvalue weighted by atomic mass is 10.4. The summed E-state index contributed by atoms with van der Waals surface area (Å²) in [6.45, 7) is 8.19. The van der Waals surface area contributed by atoms with Crippen LogP contribution in [0.3, 0.4) is 0 Å². The maximum atomic E-state index is 11.6. The van der Waals surface area contributed by atoms with Gasteiger partial charge in [0.05, 0.1) is 19.8 Å². The quantitative estimate of drug-likeness (QED) is 0.436. The van der Waals surface area contributed by atoms with E-state index < -0.39 is 0 Å². The first kappa shape index (κ1) is 22.0. The van der Waals surface area contributed by atoms with Crippen molar-refractivity contribution in [1.29, 1.82) is 0 Å². The summed E-state index contributed by atoms with van der Waals surface area (Å²) >= 11 is 0. The molecule has 0 bridgehead atoms. The summed E-state index contributed by atoms with van der Waals surface area (Å²) in [5, 5.41) is 5.71. The Bertz CT molecular complexity index is 1240. The maximum absolute atomic E-state index is 11.6. The van der Waals surface area contributed by atoms with Crippen molar-refractivity contribution in [3.63, 3.8) is 0 Å². The van der Waals surface area contributed by atoms with Gasteiger partial charge in [-0.1, -0.05) is 0 Å². The highest BCUT2D eigenvalue weighted by Crippen LogP contribution is 2.24. The lowest BCUT2D eigenvalue weighted by molar-refractivity contribution is 0.402. The standard InChI is InChI=1S/C10H15N5O.C9H13N5O/c1-6(2)15-5-12-7-8(15)13-10(11-3)14-9(7)16-4;1-5(2)14-4-11-6-7(14)12-9(10-3)13-8(6)15/h5-6H,1-4H3,(H,11,13,14);4-5H,1-3H3,(H2,10,12,13,15). The zero-order valence-corrected chi connectivity index (χ0v) is 18.8. The van der Waals surface area contributed by atoms with E-state index in [0.717, 1.165) is 5.65 Å². The molecule has 4 aromatic rings. The number of fused-ring (bicyclic) bond motifs is 2. The Balaban J connectivity index is 0.000000176. The van der Waals surface area contributed by atoms with E-state index in [4.69, 9.17) is 4.74 Å². The van der Waals surface area contributed by atoms with Crippen LogP contribution in [-0.2, 0) is 0 Å². The molecule has 0 aliphatic heterocycles. The third kappa shape index (κ3) is 4.27. The fraction of sp³-hybridized carbons (Fsp3) is 0.474. The Morgan fingerprint density at radius 1 is 0.903 bits per heavy atom. The van der Waals surface area contributed by atoms with Crippen molar-refractivity contribution in [2.24, 2.45) is 0 Å². The van der Waals surface area contributed by atoms with Gasteiger partial charge < -0.3 is 24.5 Å². The van der Waals surface area contributed by atoms with Gasteiger partial charge in [0, 0.05) is 26.2 Å². The molecule has 4 aromatic heterocycles. The third-order valence-corrected chi connectivity index (χ3v) is 4.59. The number of rotatable bonds is 5. The van der Waals surface area contributed by atoms with E-state index >= 15 is 0 Å². The second-order valence-corrected chi connectivity index (χ2v) is 7.31. The van der Waals surface area contributed by atoms with E-state index in [0.29, 0.717) is 40.5 Å². The van der Waals surface area contributed by atoms with Gasteiger partial charge in [0.25, 0.3) is 5.56 Å². The van der Waals surface area contributed by atoms with Crippen LogP contribution in [0.15, 0.2) is 17.4 Å². The number of nitrogens with zero attached hydrogens (tertiary/aromatic N) is 7. The molecule has 0 saturated heterocycles. The minimum atomic E-state index is -0.219. The molecule has 31 heavy (non-hydrogen) atoms. The number of hydrogen-bond donors (Lipinski definition) is 3. The molecule has 0 saturated carbocycles. The Morgan fingerprint density at radius 2 is 1.48 bits per heavy atom. The summed E-state index contributed by atoms with van der Waals surface area (Å²) in [5.74, 6) is 1.48. The zero-order chi connectivity index (χ0) is 22.7. The lowest BCUT2D eigenvalue weighted by Crippen LogP contribution is -2.12. The fourth-order valence-electron chi connectivity index (χ4n) is 2.95. The van der Waals surface area contributed by atoms with E-state index in [9.17, 15) is 4.79 Å². The maximum Gasteiger partial charge on any atom is 0.280 e. The van der Waals surface area contributed by atoms with Crippen molar-refractivity contribution in [2.75, 3.05) is 31.8 Å². The van der Waals surface area contributed by atoms with Crippen LogP contribution in [0.1, 0.15) is 39.8 Å². The van der Waals surface area contributed by atoms with Crippen LogP contribution in [0.4, 0.5) is 11.9 Å². The van der Waals surface area contributed by atoms with Gasteiger partial charge in [-0.3, -0.25) is 9.78 Å². The molecule has 0 unspecified atom stereocenters. The molecule has 0 amide bonds. The Hall–Kier alpha value is -3.70. The molecular weight excluding hydrogens is 400 g/mol. The number of H-pyrrole nitrogens is 1. The Morgan fingerprint density at radius 3 is 2.00 bits per heavy atom. The number of methoxy groups -OCH3 is 1. The molecule has 12 nitrogen and oxygen atoms in total. The molecule has 0 fully saturated rings. The van der Waals surface area contributed by atoms with E-state index in [1.54, 1.807) is 33.9 Å². The molecule has 0 spiro atoms. The molecule has 0 aliphatic rings. The lowest BCUT2D eigenvalue weighted by Gasteiger charge is -2.08. The summed E-state index contributed by atoms with van der Waals surface area (Å²) in [4.78, 5) is 35.3. The number of ether oxygens (including phenoxy) is 1. The van der Waals surface area contributed by atoms with Gasteiger partial charge in [0.1, 0.15) is 0 Å².